The second-order valence-corrected chi connectivity index (χ2v) is 7.22. The standard InChI is InChI=1S/C14H15BrCl2FN5/c15-9-8(6-7(16)11(18)10(9)17)23-13(20)21-12(19)22-14(23)4-2-1-3-5-14/h6H,1-5H2,(H4,19,20,21,22). The van der Waals surface area contributed by atoms with E-state index in [9.17, 15) is 4.39 Å². The number of nitrogens with two attached hydrogens (primary N) is 2. The van der Waals surface area contributed by atoms with E-state index in [0.29, 0.717) is 10.2 Å². The Morgan fingerprint density at radius 3 is 2.52 bits per heavy atom. The molecule has 1 aliphatic carbocycles. The zero-order valence-corrected chi connectivity index (χ0v) is 15.2. The summed E-state index contributed by atoms with van der Waals surface area (Å²) in [5.74, 6) is -0.341. The Hall–Kier alpha value is -1.05. The molecule has 0 saturated heterocycles. The van der Waals surface area contributed by atoms with Crippen LogP contribution in [0.2, 0.25) is 10.0 Å². The van der Waals surface area contributed by atoms with Crippen LogP contribution in [-0.2, 0) is 0 Å². The molecular formula is C14H15BrCl2FN5. The molecular weight excluding hydrogens is 408 g/mol. The summed E-state index contributed by atoms with van der Waals surface area (Å²) in [4.78, 5) is 10.4. The molecule has 124 valence electrons. The average molecular weight is 423 g/mol. The normalized spacial score (nSPS) is 20.4. The van der Waals surface area contributed by atoms with Gasteiger partial charge in [0.1, 0.15) is 5.66 Å². The number of rotatable bonds is 1. The summed E-state index contributed by atoms with van der Waals surface area (Å²) in [6, 6.07) is 1.47. The van der Waals surface area contributed by atoms with Gasteiger partial charge in [-0.3, -0.25) is 4.90 Å². The van der Waals surface area contributed by atoms with Crippen LogP contribution < -0.4 is 16.4 Å². The molecule has 0 bridgehead atoms. The first-order valence-corrected chi connectivity index (χ1v) is 8.73. The predicted octanol–water partition coefficient (Wildman–Crippen LogP) is 4.00. The van der Waals surface area contributed by atoms with Crippen molar-refractivity contribution < 1.29 is 4.39 Å². The van der Waals surface area contributed by atoms with Crippen molar-refractivity contribution in [2.75, 3.05) is 4.90 Å². The fourth-order valence-corrected chi connectivity index (χ4v) is 4.10. The van der Waals surface area contributed by atoms with Gasteiger partial charge in [-0.1, -0.05) is 29.6 Å². The molecule has 0 radical (unpaired) electrons. The van der Waals surface area contributed by atoms with E-state index in [-0.39, 0.29) is 22.0 Å². The third-order valence-corrected chi connectivity index (χ3v) is 5.84. The third kappa shape index (κ3) is 2.79. The maximum Gasteiger partial charge on any atom is 0.220 e. The molecule has 1 spiro atoms. The van der Waals surface area contributed by atoms with Gasteiger partial charge < -0.3 is 11.5 Å². The van der Waals surface area contributed by atoms with Crippen molar-refractivity contribution in [2.45, 2.75) is 37.8 Å². The van der Waals surface area contributed by atoms with E-state index in [4.69, 9.17) is 34.7 Å². The number of guanidine groups is 2. The van der Waals surface area contributed by atoms with Crippen LogP contribution in [0.25, 0.3) is 0 Å². The van der Waals surface area contributed by atoms with Gasteiger partial charge in [0.2, 0.25) is 11.9 Å². The highest BCUT2D eigenvalue weighted by molar-refractivity contribution is 9.10. The molecule has 1 aliphatic heterocycles. The van der Waals surface area contributed by atoms with Crippen molar-refractivity contribution in [1.82, 2.24) is 0 Å². The maximum absolute atomic E-state index is 13.9. The summed E-state index contributed by atoms with van der Waals surface area (Å²) in [6.45, 7) is 0. The van der Waals surface area contributed by atoms with Gasteiger partial charge in [0.25, 0.3) is 0 Å². The first-order valence-electron chi connectivity index (χ1n) is 7.18. The summed E-state index contributed by atoms with van der Waals surface area (Å²) >= 11 is 15.3. The second kappa shape index (κ2) is 6.11. The minimum atomic E-state index is -0.683. The van der Waals surface area contributed by atoms with Crippen LogP contribution in [0.15, 0.2) is 20.5 Å². The molecule has 0 aromatic heterocycles. The highest BCUT2D eigenvalue weighted by Gasteiger charge is 2.43. The molecule has 3 rings (SSSR count). The fraction of sp³-hybridized carbons (Fsp3) is 0.429. The molecule has 1 saturated carbocycles. The Morgan fingerprint density at radius 1 is 1.22 bits per heavy atom. The molecule has 5 nitrogen and oxygen atoms in total. The van der Waals surface area contributed by atoms with Gasteiger partial charge in [-0.2, -0.15) is 4.99 Å². The molecule has 1 aromatic rings. The molecule has 1 fully saturated rings. The van der Waals surface area contributed by atoms with E-state index in [1.165, 1.54) is 6.07 Å². The lowest BCUT2D eigenvalue weighted by atomic mass is 9.87. The Morgan fingerprint density at radius 2 is 1.87 bits per heavy atom. The van der Waals surface area contributed by atoms with Crippen LogP contribution in [0.3, 0.4) is 0 Å². The van der Waals surface area contributed by atoms with E-state index in [2.05, 4.69) is 25.9 Å². The van der Waals surface area contributed by atoms with Crippen LogP contribution in [0.5, 0.6) is 0 Å². The topological polar surface area (TPSA) is 80.0 Å². The number of hydrogen-bond acceptors (Lipinski definition) is 5. The SMILES string of the molecule is NC1=NC2(CCCCC2)N(c2cc(Cl)c(F)c(Cl)c2Br)C(N)=N1. The summed E-state index contributed by atoms with van der Waals surface area (Å²) in [5.41, 5.74) is 11.8. The monoisotopic (exact) mass is 421 g/mol. The minimum absolute atomic E-state index is 0.0884. The summed E-state index contributed by atoms with van der Waals surface area (Å²) in [7, 11) is 0. The number of aliphatic imine (C=N–C) groups is 2. The van der Waals surface area contributed by atoms with E-state index >= 15 is 0 Å². The molecule has 1 aromatic carbocycles. The molecule has 23 heavy (non-hydrogen) atoms. The van der Waals surface area contributed by atoms with E-state index in [1.54, 1.807) is 4.90 Å². The van der Waals surface area contributed by atoms with Gasteiger partial charge in [-0.25, -0.2) is 9.38 Å². The smallest absolute Gasteiger partial charge is 0.220 e. The minimum Gasteiger partial charge on any atom is -0.369 e. The van der Waals surface area contributed by atoms with Crippen LogP contribution in [0.4, 0.5) is 10.1 Å². The van der Waals surface area contributed by atoms with E-state index < -0.39 is 11.5 Å². The largest absolute Gasteiger partial charge is 0.369 e. The van der Waals surface area contributed by atoms with Crippen molar-refractivity contribution >= 4 is 56.7 Å². The number of hydrogen-bond donors (Lipinski definition) is 2. The van der Waals surface area contributed by atoms with Gasteiger partial charge in [-0.05, 0) is 47.7 Å². The van der Waals surface area contributed by atoms with Crippen LogP contribution in [0.1, 0.15) is 32.1 Å². The van der Waals surface area contributed by atoms with Crippen molar-refractivity contribution in [1.29, 1.82) is 0 Å². The zero-order chi connectivity index (χ0) is 16.8. The molecule has 0 amide bonds. The second-order valence-electron chi connectivity index (χ2n) is 5.64. The number of benzene rings is 1. The third-order valence-electron chi connectivity index (χ3n) is 4.18. The molecule has 2 aliphatic rings. The van der Waals surface area contributed by atoms with E-state index in [1.807, 2.05) is 0 Å². The summed E-state index contributed by atoms with van der Waals surface area (Å²) in [5, 5.41) is -0.191. The van der Waals surface area contributed by atoms with Crippen LogP contribution in [0, 0.1) is 5.82 Å². The van der Waals surface area contributed by atoms with Crippen LogP contribution in [-0.4, -0.2) is 17.6 Å². The molecule has 4 N–H and O–H groups in total. The molecule has 0 atom stereocenters. The summed E-state index contributed by atoms with van der Waals surface area (Å²) in [6.07, 6.45) is 4.63. The summed E-state index contributed by atoms with van der Waals surface area (Å²) < 4.78 is 14.3. The first kappa shape index (κ1) is 16.8. The number of halogens is 4. The van der Waals surface area contributed by atoms with Gasteiger partial charge >= 0.3 is 0 Å². The number of anilines is 1. The van der Waals surface area contributed by atoms with Gasteiger partial charge in [0.05, 0.1) is 20.2 Å². The van der Waals surface area contributed by atoms with Crippen molar-refractivity contribution in [2.24, 2.45) is 21.5 Å². The predicted molar refractivity (Wildman–Crippen MR) is 95.7 cm³/mol. The van der Waals surface area contributed by atoms with Gasteiger partial charge in [-0.15, -0.1) is 0 Å². The quantitative estimate of drug-likeness (QED) is 0.530. The lowest BCUT2D eigenvalue weighted by Gasteiger charge is -2.46. The molecule has 9 heteroatoms. The van der Waals surface area contributed by atoms with Gasteiger partial charge in [0, 0.05) is 0 Å². The molecule has 0 unspecified atom stereocenters. The number of nitrogens with zero attached hydrogens (tertiary/aromatic N) is 3. The Bertz CT molecular complexity index is 716. The van der Waals surface area contributed by atoms with Crippen molar-refractivity contribution in [3.8, 4) is 0 Å². The van der Waals surface area contributed by atoms with Crippen molar-refractivity contribution in [3.63, 3.8) is 0 Å². The van der Waals surface area contributed by atoms with Crippen molar-refractivity contribution in [3.05, 3.63) is 26.4 Å². The zero-order valence-electron chi connectivity index (χ0n) is 12.1. The first-order chi connectivity index (χ1) is 10.9. The molecule has 1 heterocycles. The van der Waals surface area contributed by atoms with Gasteiger partial charge in [0.15, 0.2) is 5.82 Å². The van der Waals surface area contributed by atoms with E-state index in [0.717, 1.165) is 32.1 Å². The Labute approximate surface area is 151 Å². The maximum atomic E-state index is 13.9. The van der Waals surface area contributed by atoms with Crippen LogP contribution >= 0.6 is 39.1 Å². The Kier molecular flexibility index (Phi) is 4.46. The highest BCUT2D eigenvalue weighted by Crippen LogP contribution is 2.45. The fourth-order valence-electron chi connectivity index (χ4n) is 3.19. The Balaban J connectivity index is 2.18. The highest BCUT2D eigenvalue weighted by atomic mass is 79.9. The lowest BCUT2D eigenvalue weighted by Crippen LogP contribution is -2.58. The lowest BCUT2D eigenvalue weighted by molar-refractivity contribution is 0.305. The average Bonchev–Trinajstić information content (AvgIpc) is 2.50.